The predicted octanol–water partition coefficient (Wildman–Crippen LogP) is 4.24. The summed E-state index contributed by atoms with van der Waals surface area (Å²) in [6.07, 6.45) is 0. The average Bonchev–Trinajstić information content (AvgIpc) is 2.53. The Balaban J connectivity index is 2.93. The van der Waals surface area contributed by atoms with Crippen LogP contribution in [0.4, 0.5) is 0 Å². The van der Waals surface area contributed by atoms with Gasteiger partial charge in [-0.15, -0.1) is 5.10 Å². The number of hydrogen-bond acceptors (Lipinski definition) is 2. The van der Waals surface area contributed by atoms with Crippen molar-refractivity contribution in [1.29, 1.82) is 0 Å². The molecule has 0 fully saturated rings. The Morgan fingerprint density at radius 1 is 0.714 bits per heavy atom. The van der Waals surface area contributed by atoms with E-state index in [1.807, 2.05) is 41.9 Å². The molecule has 3 heteroatoms. The van der Waals surface area contributed by atoms with Crippen LogP contribution in [0.15, 0.2) is 30.3 Å². The Bertz CT molecular complexity index is 711. The van der Waals surface area contributed by atoms with Crippen LogP contribution in [0.3, 0.4) is 0 Å². The van der Waals surface area contributed by atoms with Gasteiger partial charge in [-0.2, -0.15) is 0 Å². The maximum absolute atomic E-state index is 4.46. The summed E-state index contributed by atoms with van der Waals surface area (Å²) in [5.74, 6) is 0. The molecule has 0 aliphatic heterocycles. The number of aryl methyl sites for hydroxylation is 1. The second-order valence-corrected chi connectivity index (χ2v) is 5.51. The van der Waals surface area contributed by atoms with Gasteiger partial charge in [0.2, 0.25) is 0 Å². The van der Waals surface area contributed by atoms with E-state index in [1.165, 1.54) is 22.3 Å². The van der Waals surface area contributed by atoms with Crippen LogP contribution in [0.25, 0.3) is 5.69 Å². The van der Waals surface area contributed by atoms with Crippen LogP contribution in [-0.2, 0) is 0 Å². The van der Waals surface area contributed by atoms with Crippen molar-refractivity contribution in [2.45, 2.75) is 41.5 Å². The molecule has 0 bridgehead atoms. The maximum Gasteiger partial charge on any atom is 0.0666 e. The second-order valence-electron chi connectivity index (χ2n) is 5.51. The van der Waals surface area contributed by atoms with Gasteiger partial charge in [0, 0.05) is 5.69 Å². The monoisotopic (exact) mass is 281 g/mol. The molecule has 3 nitrogen and oxygen atoms in total. The van der Waals surface area contributed by atoms with E-state index in [0.717, 1.165) is 17.1 Å². The number of nitrogens with zero attached hydrogens (tertiary/aromatic N) is 3. The minimum absolute atomic E-state index is 0.954. The summed E-state index contributed by atoms with van der Waals surface area (Å²) in [5.41, 5.74) is 8.08. The van der Waals surface area contributed by atoms with Crippen LogP contribution in [0.1, 0.15) is 33.6 Å². The van der Waals surface area contributed by atoms with Crippen molar-refractivity contribution in [1.82, 2.24) is 15.0 Å². The molecule has 0 radical (unpaired) electrons. The smallest absolute Gasteiger partial charge is 0.0666 e. The summed E-state index contributed by atoms with van der Waals surface area (Å²) in [6, 6.07) is 10.1. The van der Waals surface area contributed by atoms with E-state index < -0.39 is 0 Å². The third kappa shape index (κ3) is 2.97. The van der Waals surface area contributed by atoms with Crippen molar-refractivity contribution in [3.63, 3.8) is 0 Å². The van der Waals surface area contributed by atoms with Crippen molar-refractivity contribution in [2.75, 3.05) is 0 Å². The van der Waals surface area contributed by atoms with E-state index in [1.54, 1.807) is 0 Å². The Morgan fingerprint density at radius 2 is 1.29 bits per heavy atom. The van der Waals surface area contributed by atoms with Crippen molar-refractivity contribution in [2.24, 2.45) is 0 Å². The first-order valence-corrected chi connectivity index (χ1v) is 7.23. The lowest BCUT2D eigenvalue weighted by molar-refractivity contribution is 0.719. The van der Waals surface area contributed by atoms with Gasteiger partial charge in [0.25, 0.3) is 0 Å². The van der Waals surface area contributed by atoms with Gasteiger partial charge in [0.05, 0.1) is 11.4 Å². The van der Waals surface area contributed by atoms with Gasteiger partial charge < -0.3 is 0 Å². The highest BCUT2D eigenvalue weighted by molar-refractivity contribution is 5.40. The minimum atomic E-state index is 0.954. The number of rotatable bonds is 1. The van der Waals surface area contributed by atoms with Gasteiger partial charge in [-0.05, 0) is 75.9 Å². The summed E-state index contributed by atoms with van der Waals surface area (Å²) >= 11 is 0. The van der Waals surface area contributed by atoms with E-state index >= 15 is 0 Å². The van der Waals surface area contributed by atoms with E-state index in [2.05, 4.69) is 44.9 Å². The lowest BCUT2D eigenvalue weighted by atomic mass is 10.0. The molecule has 2 aromatic rings. The van der Waals surface area contributed by atoms with Crippen LogP contribution in [0.2, 0.25) is 0 Å². The van der Waals surface area contributed by atoms with Crippen LogP contribution in [-0.4, -0.2) is 15.0 Å². The second kappa shape index (κ2) is 6.08. The van der Waals surface area contributed by atoms with Gasteiger partial charge in [0.1, 0.15) is 0 Å². The molecule has 0 aliphatic carbocycles. The van der Waals surface area contributed by atoms with Crippen molar-refractivity contribution in [3.05, 3.63) is 64.0 Å². The van der Waals surface area contributed by atoms with Crippen LogP contribution in [0.5, 0.6) is 0 Å². The molecule has 2 rings (SSSR count). The van der Waals surface area contributed by atoms with Crippen LogP contribution >= 0.6 is 0 Å². The highest BCUT2D eigenvalue weighted by Crippen LogP contribution is 2.18. The van der Waals surface area contributed by atoms with Gasteiger partial charge in [-0.3, -0.25) is 0 Å². The third-order valence-electron chi connectivity index (χ3n) is 4.38. The zero-order chi connectivity index (χ0) is 15.6. The molecule has 0 unspecified atom stereocenters. The van der Waals surface area contributed by atoms with Crippen molar-refractivity contribution in [3.8, 4) is 5.69 Å². The molecular weight excluding hydrogens is 258 g/mol. The quantitative estimate of drug-likeness (QED) is 0.782. The molecule has 1 heterocycles. The van der Waals surface area contributed by atoms with Crippen LogP contribution in [0, 0.1) is 41.5 Å². The van der Waals surface area contributed by atoms with Gasteiger partial charge >= 0.3 is 0 Å². The Labute approximate surface area is 127 Å². The standard InChI is InChI=1S/C18H23N3/c1-12-13(2)15(4)17(6)21(18-10-8-7-9-11-18)20-19-16(5)14(12)3/h7-11H,1-6H3. The average molecular weight is 281 g/mol. The number of para-hydroxylation sites is 1. The maximum atomic E-state index is 4.46. The molecule has 0 atom stereocenters. The summed E-state index contributed by atoms with van der Waals surface area (Å²) < 4.78 is 1.91. The Morgan fingerprint density at radius 3 is 1.90 bits per heavy atom. The third-order valence-corrected chi connectivity index (χ3v) is 4.38. The molecule has 0 amide bonds. The van der Waals surface area contributed by atoms with E-state index in [0.29, 0.717) is 0 Å². The first kappa shape index (κ1) is 15.2. The molecule has 21 heavy (non-hydrogen) atoms. The van der Waals surface area contributed by atoms with Crippen LogP contribution < -0.4 is 0 Å². The number of aromatic nitrogens is 3. The van der Waals surface area contributed by atoms with E-state index in [-0.39, 0.29) is 0 Å². The fraction of sp³-hybridized carbons (Fsp3) is 0.333. The fourth-order valence-corrected chi connectivity index (χ4v) is 2.33. The molecule has 0 saturated carbocycles. The zero-order valence-electron chi connectivity index (χ0n) is 13.7. The fourth-order valence-electron chi connectivity index (χ4n) is 2.33. The topological polar surface area (TPSA) is 30.7 Å². The first-order chi connectivity index (χ1) is 9.93. The van der Waals surface area contributed by atoms with Gasteiger partial charge in [-0.1, -0.05) is 23.4 Å². The minimum Gasteiger partial charge on any atom is -0.219 e. The lowest BCUT2D eigenvalue weighted by Gasteiger charge is -2.09. The number of hydrogen-bond donors (Lipinski definition) is 0. The largest absolute Gasteiger partial charge is 0.219 e. The molecule has 1 aromatic carbocycles. The molecule has 110 valence electrons. The summed E-state index contributed by atoms with van der Waals surface area (Å²) in [6.45, 7) is 12.7. The number of benzene rings is 1. The summed E-state index contributed by atoms with van der Waals surface area (Å²) in [7, 11) is 0. The van der Waals surface area contributed by atoms with E-state index in [4.69, 9.17) is 0 Å². The molecule has 1 aromatic heterocycles. The normalized spacial score (nSPS) is 10.4. The van der Waals surface area contributed by atoms with Gasteiger partial charge in [-0.25, -0.2) is 4.68 Å². The van der Waals surface area contributed by atoms with E-state index in [9.17, 15) is 0 Å². The Kier molecular flexibility index (Phi) is 4.41. The predicted molar refractivity (Wildman–Crippen MR) is 87.4 cm³/mol. The molecule has 0 saturated heterocycles. The first-order valence-electron chi connectivity index (χ1n) is 7.23. The molecular formula is C18H23N3. The summed E-state index contributed by atoms with van der Waals surface area (Å²) in [4.78, 5) is 0. The van der Waals surface area contributed by atoms with Gasteiger partial charge in [0.15, 0.2) is 0 Å². The molecule has 0 spiro atoms. The van der Waals surface area contributed by atoms with Crippen molar-refractivity contribution >= 4 is 0 Å². The highest BCUT2D eigenvalue weighted by atomic mass is 15.4. The summed E-state index contributed by atoms with van der Waals surface area (Å²) in [5, 5.41) is 8.88. The lowest BCUT2D eigenvalue weighted by Crippen LogP contribution is -2.06. The highest BCUT2D eigenvalue weighted by Gasteiger charge is 2.06. The van der Waals surface area contributed by atoms with Crippen molar-refractivity contribution < 1.29 is 0 Å². The Hall–Kier alpha value is -2.16. The SMILES string of the molecule is Cc1nnn(-c2ccccc2)c(C)c(C)c(C)c(C)c1C. The molecule has 0 aliphatic rings. The molecule has 0 N–H and O–H groups in total. The zero-order valence-corrected chi connectivity index (χ0v) is 13.7.